The van der Waals surface area contributed by atoms with E-state index in [1.807, 2.05) is 11.0 Å². The molecule has 0 radical (unpaired) electrons. The fourth-order valence-electron chi connectivity index (χ4n) is 3.28. The van der Waals surface area contributed by atoms with Gasteiger partial charge in [0.05, 0.1) is 13.2 Å². The molecule has 1 saturated heterocycles. The summed E-state index contributed by atoms with van der Waals surface area (Å²) in [5, 5.41) is 0. The summed E-state index contributed by atoms with van der Waals surface area (Å²) in [6.45, 7) is 6.25. The third-order valence-electron chi connectivity index (χ3n) is 4.25. The number of carbonyl (C=O) groups is 1. The van der Waals surface area contributed by atoms with E-state index >= 15 is 0 Å². The maximum Gasteiger partial charge on any atom is 0.409 e. The molecule has 1 aliphatic heterocycles. The summed E-state index contributed by atoms with van der Waals surface area (Å²) in [6.07, 6.45) is 8.56. The Morgan fingerprint density at radius 3 is 2.68 bits per heavy atom. The van der Waals surface area contributed by atoms with Gasteiger partial charge in [-0.25, -0.2) is 4.79 Å². The second-order valence-corrected chi connectivity index (χ2v) is 5.86. The standard InChI is InChI=1S/C17H31NO4/c1-5-8-14-10-7-11-15(18(14)17(19)21-4)12-16(9-6-2)22-13-20-3/h5,14-16H,1,6-13H2,2-4H3/t14-,15+,16-/m1/s1. The zero-order valence-electron chi connectivity index (χ0n) is 14.3. The van der Waals surface area contributed by atoms with Gasteiger partial charge in [0.15, 0.2) is 0 Å². The molecule has 0 saturated carbocycles. The highest BCUT2D eigenvalue weighted by atomic mass is 16.7. The highest BCUT2D eigenvalue weighted by Gasteiger charge is 2.35. The van der Waals surface area contributed by atoms with Crippen LogP contribution >= 0.6 is 0 Å². The highest BCUT2D eigenvalue weighted by molar-refractivity contribution is 5.68. The van der Waals surface area contributed by atoms with Crippen LogP contribution in [-0.2, 0) is 14.2 Å². The monoisotopic (exact) mass is 313 g/mol. The Labute approximate surface area is 134 Å². The van der Waals surface area contributed by atoms with Crippen LogP contribution < -0.4 is 0 Å². The van der Waals surface area contributed by atoms with Gasteiger partial charge >= 0.3 is 6.09 Å². The van der Waals surface area contributed by atoms with Crippen molar-refractivity contribution in [2.45, 2.75) is 70.1 Å². The molecule has 0 spiro atoms. The van der Waals surface area contributed by atoms with Crippen LogP contribution in [0, 0.1) is 0 Å². The number of ether oxygens (including phenoxy) is 3. The fourth-order valence-corrected chi connectivity index (χ4v) is 3.28. The van der Waals surface area contributed by atoms with Crippen LogP contribution in [0.25, 0.3) is 0 Å². The molecule has 1 fully saturated rings. The minimum Gasteiger partial charge on any atom is -0.453 e. The molecule has 1 aliphatic rings. The summed E-state index contributed by atoms with van der Waals surface area (Å²) < 4.78 is 15.8. The van der Waals surface area contributed by atoms with E-state index in [0.717, 1.165) is 44.9 Å². The summed E-state index contributed by atoms with van der Waals surface area (Å²) in [5.74, 6) is 0. The molecule has 0 bridgehead atoms. The minimum absolute atomic E-state index is 0.115. The highest BCUT2D eigenvalue weighted by Crippen LogP contribution is 2.30. The van der Waals surface area contributed by atoms with Gasteiger partial charge in [-0.05, 0) is 38.5 Å². The van der Waals surface area contributed by atoms with Crippen LogP contribution in [0.15, 0.2) is 12.7 Å². The Morgan fingerprint density at radius 1 is 1.36 bits per heavy atom. The molecule has 3 atom stereocenters. The van der Waals surface area contributed by atoms with Crippen LogP contribution in [0.4, 0.5) is 4.79 Å². The van der Waals surface area contributed by atoms with Crippen molar-refractivity contribution in [2.24, 2.45) is 0 Å². The van der Waals surface area contributed by atoms with Gasteiger partial charge in [0.25, 0.3) is 0 Å². The maximum absolute atomic E-state index is 12.2. The van der Waals surface area contributed by atoms with Crippen molar-refractivity contribution in [1.29, 1.82) is 0 Å². The number of piperidine rings is 1. The zero-order valence-corrected chi connectivity index (χ0v) is 14.3. The van der Waals surface area contributed by atoms with Crippen LogP contribution in [0.5, 0.6) is 0 Å². The Bertz CT molecular complexity index is 335. The van der Waals surface area contributed by atoms with E-state index in [9.17, 15) is 4.79 Å². The van der Waals surface area contributed by atoms with Crippen molar-refractivity contribution in [2.75, 3.05) is 21.0 Å². The molecule has 0 aromatic heterocycles. The average Bonchev–Trinajstić information content (AvgIpc) is 2.52. The summed E-state index contributed by atoms with van der Waals surface area (Å²) in [5.41, 5.74) is 0. The van der Waals surface area contributed by atoms with Crippen molar-refractivity contribution in [1.82, 2.24) is 4.90 Å². The first kappa shape index (κ1) is 19.0. The van der Waals surface area contributed by atoms with Crippen molar-refractivity contribution in [3.05, 3.63) is 12.7 Å². The first-order valence-corrected chi connectivity index (χ1v) is 8.25. The number of likely N-dealkylation sites (tertiary alicyclic amines) is 1. The number of methoxy groups -OCH3 is 2. The summed E-state index contributed by atoms with van der Waals surface area (Å²) >= 11 is 0. The van der Waals surface area contributed by atoms with Gasteiger partial charge < -0.3 is 19.1 Å². The normalized spacial score (nSPS) is 23.1. The molecule has 0 aliphatic carbocycles. The lowest BCUT2D eigenvalue weighted by Crippen LogP contribution is -2.51. The van der Waals surface area contributed by atoms with Crippen LogP contribution in [0.2, 0.25) is 0 Å². The van der Waals surface area contributed by atoms with Crippen LogP contribution in [-0.4, -0.2) is 50.2 Å². The van der Waals surface area contributed by atoms with Gasteiger partial charge in [-0.1, -0.05) is 19.4 Å². The Balaban J connectivity index is 2.77. The molecule has 5 nitrogen and oxygen atoms in total. The van der Waals surface area contributed by atoms with Crippen molar-refractivity contribution in [3.63, 3.8) is 0 Å². The van der Waals surface area contributed by atoms with Gasteiger partial charge in [-0.2, -0.15) is 0 Å². The van der Waals surface area contributed by atoms with Crippen molar-refractivity contribution < 1.29 is 19.0 Å². The number of hydrogen-bond acceptors (Lipinski definition) is 4. The summed E-state index contributed by atoms with van der Waals surface area (Å²) in [6, 6.07) is 0.355. The lowest BCUT2D eigenvalue weighted by molar-refractivity contribution is -0.0858. The van der Waals surface area contributed by atoms with Crippen molar-refractivity contribution >= 4 is 6.09 Å². The molecule has 22 heavy (non-hydrogen) atoms. The SMILES string of the molecule is C=CC[C@@H]1CCC[C@@H](C[C@@H](CCC)OCOC)N1C(=O)OC. The van der Waals surface area contributed by atoms with E-state index < -0.39 is 0 Å². The van der Waals surface area contributed by atoms with Gasteiger partial charge in [-0.3, -0.25) is 0 Å². The molecule has 128 valence electrons. The molecule has 0 N–H and O–H groups in total. The van der Waals surface area contributed by atoms with Crippen molar-refractivity contribution in [3.8, 4) is 0 Å². The summed E-state index contributed by atoms with van der Waals surface area (Å²) in [7, 11) is 3.08. The number of rotatable bonds is 9. The Morgan fingerprint density at radius 2 is 2.09 bits per heavy atom. The largest absolute Gasteiger partial charge is 0.453 e. The zero-order chi connectivity index (χ0) is 16.4. The lowest BCUT2D eigenvalue weighted by atomic mass is 9.90. The predicted molar refractivity (Wildman–Crippen MR) is 86.8 cm³/mol. The van der Waals surface area contributed by atoms with Crippen LogP contribution in [0.1, 0.15) is 51.9 Å². The minimum atomic E-state index is -0.237. The number of hydrogen-bond donors (Lipinski definition) is 0. The second-order valence-electron chi connectivity index (χ2n) is 5.86. The van der Waals surface area contributed by atoms with E-state index in [-0.39, 0.29) is 24.3 Å². The Hall–Kier alpha value is -1.07. The number of amides is 1. The predicted octanol–water partition coefficient (Wildman–Crippen LogP) is 3.73. The van der Waals surface area contributed by atoms with Crippen LogP contribution in [0.3, 0.4) is 0 Å². The molecule has 0 aromatic rings. The number of nitrogens with zero attached hydrogens (tertiary/aromatic N) is 1. The lowest BCUT2D eigenvalue weighted by Gasteiger charge is -2.42. The second kappa shape index (κ2) is 10.6. The molecule has 0 unspecified atom stereocenters. The summed E-state index contributed by atoms with van der Waals surface area (Å²) in [4.78, 5) is 14.1. The van der Waals surface area contributed by atoms with E-state index in [2.05, 4.69) is 13.5 Å². The molecular weight excluding hydrogens is 282 g/mol. The fraction of sp³-hybridized carbons (Fsp3) is 0.824. The molecule has 0 aromatic carbocycles. The number of carbonyl (C=O) groups excluding carboxylic acids is 1. The topological polar surface area (TPSA) is 48.0 Å². The Kier molecular flexibility index (Phi) is 9.16. The molecule has 1 heterocycles. The van der Waals surface area contributed by atoms with E-state index in [1.165, 1.54) is 7.11 Å². The van der Waals surface area contributed by atoms with Gasteiger partial charge in [0, 0.05) is 19.2 Å². The molecular formula is C17H31NO4. The first-order valence-electron chi connectivity index (χ1n) is 8.25. The molecule has 1 rings (SSSR count). The smallest absolute Gasteiger partial charge is 0.409 e. The molecule has 5 heteroatoms. The van der Waals surface area contributed by atoms with Gasteiger partial charge in [0.1, 0.15) is 6.79 Å². The third kappa shape index (κ3) is 5.61. The van der Waals surface area contributed by atoms with E-state index in [4.69, 9.17) is 14.2 Å². The average molecular weight is 313 g/mol. The molecule has 1 amide bonds. The van der Waals surface area contributed by atoms with E-state index in [0.29, 0.717) is 6.79 Å². The van der Waals surface area contributed by atoms with Gasteiger partial charge in [-0.15, -0.1) is 6.58 Å². The quantitative estimate of drug-likeness (QED) is 0.481. The maximum atomic E-state index is 12.2. The van der Waals surface area contributed by atoms with E-state index in [1.54, 1.807) is 7.11 Å². The third-order valence-corrected chi connectivity index (χ3v) is 4.25. The van der Waals surface area contributed by atoms with Gasteiger partial charge in [0.2, 0.25) is 0 Å². The first-order chi connectivity index (χ1) is 10.7.